The highest BCUT2D eigenvalue weighted by molar-refractivity contribution is 5.96. The molecule has 0 aromatic heterocycles. The number of hydroxylamine groups is 6. The molecule has 5 amide bonds. The third kappa shape index (κ3) is 21.8. The number of benzene rings is 6. The van der Waals surface area contributed by atoms with Crippen molar-refractivity contribution in [3.05, 3.63) is 179 Å². The van der Waals surface area contributed by atoms with Gasteiger partial charge in [0.25, 0.3) is 11.8 Å². The minimum atomic E-state index is -0.986. The number of carbonyl (C=O) groups excluding carboxylic acids is 5. The van der Waals surface area contributed by atoms with Crippen LogP contribution in [-0.4, -0.2) is 268 Å². The van der Waals surface area contributed by atoms with Crippen LogP contribution in [0.3, 0.4) is 0 Å². The van der Waals surface area contributed by atoms with Crippen molar-refractivity contribution in [2.45, 2.75) is 214 Å². The molecule has 28 heteroatoms. The highest BCUT2D eigenvalue weighted by Crippen LogP contribution is 2.64. The van der Waals surface area contributed by atoms with Gasteiger partial charge in [0.05, 0.1) is 89.8 Å². The molecule has 0 unspecified atom stereocenters. The first-order valence-electron chi connectivity index (χ1n) is 48.7. The van der Waals surface area contributed by atoms with Crippen molar-refractivity contribution in [2.75, 3.05) is 98.6 Å². The maximum Gasteiger partial charge on any atom is 0.335 e. The summed E-state index contributed by atoms with van der Waals surface area (Å²) in [5, 5.41) is 92.9. The fourth-order valence-electron chi connectivity index (χ4n) is 24.6. The van der Waals surface area contributed by atoms with Gasteiger partial charge in [-0.25, -0.2) is 4.79 Å². The van der Waals surface area contributed by atoms with Crippen LogP contribution >= 0.6 is 0 Å². The summed E-state index contributed by atoms with van der Waals surface area (Å²) in [7, 11) is 0. The summed E-state index contributed by atoms with van der Waals surface area (Å²) in [6, 6.07) is 43.5. The average molecular weight is 1830 g/mol. The molecular weight excluding hydrogens is 1690 g/mol. The second-order valence-electron chi connectivity index (χ2n) is 41.8. The van der Waals surface area contributed by atoms with Crippen LogP contribution in [0.15, 0.2) is 146 Å². The Morgan fingerprint density at radius 3 is 0.925 bits per heavy atom. The summed E-state index contributed by atoms with van der Waals surface area (Å²) >= 11 is 0. The maximum absolute atomic E-state index is 14.0. The van der Waals surface area contributed by atoms with Crippen LogP contribution in [0.1, 0.15) is 169 Å². The summed E-state index contributed by atoms with van der Waals surface area (Å²) in [5.41, 5.74) is 10.3. The highest BCUT2D eigenvalue weighted by atomic mass is 16.7. The molecule has 9 saturated carbocycles. The van der Waals surface area contributed by atoms with Crippen LogP contribution in [-0.2, 0) is 58.0 Å². The van der Waals surface area contributed by atoms with E-state index in [1.807, 2.05) is 127 Å². The number of rotatable bonds is 30. The molecule has 12 N–H and O–H groups in total. The van der Waals surface area contributed by atoms with E-state index in [-0.39, 0.29) is 79.6 Å². The summed E-state index contributed by atoms with van der Waals surface area (Å²) in [5.74, 6) is 1.20. The molecule has 9 aliphatic carbocycles. The molecule has 5 heterocycles. The Kier molecular flexibility index (Phi) is 31.7. The molecule has 5 aliphatic heterocycles. The van der Waals surface area contributed by atoms with Crippen LogP contribution < -0.4 is 26.6 Å². The van der Waals surface area contributed by atoms with Crippen LogP contribution in [0.2, 0.25) is 0 Å². The molecule has 14 fully saturated rings. The lowest BCUT2D eigenvalue weighted by molar-refractivity contribution is -0.183. The zero-order valence-electron chi connectivity index (χ0n) is 79.5. The normalized spacial score (nSPS) is 31.5. The van der Waals surface area contributed by atoms with Gasteiger partial charge >= 0.3 is 5.97 Å². The number of carbonyl (C=O) groups is 6. The second-order valence-corrected chi connectivity index (χ2v) is 41.8. The smallest absolute Gasteiger partial charge is 0.335 e. The van der Waals surface area contributed by atoms with Gasteiger partial charge in [0.15, 0.2) is 0 Å². The molecule has 133 heavy (non-hydrogen) atoms. The van der Waals surface area contributed by atoms with Gasteiger partial charge in [-0.3, -0.25) is 48.3 Å². The number of hydrogen-bond acceptors (Lipinski definition) is 22. The second kappa shape index (κ2) is 42.6. The Balaban J connectivity index is 0.000000153. The molecule has 14 aliphatic rings. The molecule has 5 saturated heterocycles. The Labute approximate surface area is 783 Å². The van der Waals surface area contributed by atoms with Gasteiger partial charge in [0, 0.05) is 99.4 Å². The molecule has 28 nitrogen and oxygen atoms in total. The molecule has 6 aromatic rings. The summed E-state index contributed by atoms with van der Waals surface area (Å²) in [6.45, 7) is 34.8. The maximum atomic E-state index is 14.0. The number of ether oxygens (including phenoxy) is 2. The first-order chi connectivity index (χ1) is 63.6. The molecule has 6 aromatic carbocycles. The van der Waals surface area contributed by atoms with Crippen LogP contribution in [0.4, 0.5) is 0 Å². The van der Waals surface area contributed by atoms with Crippen LogP contribution in [0, 0.1) is 87.3 Å². The number of aliphatic hydroxyl groups is 6. The quantitative estimate of drug-likeness (QED) is 0.0199. The lowest BCUT2D eigenvalue weighted by Crippen LogP contribution is -2.62. The number of fused-ring (bicyclic) bond motifs is 6. The van der Waals surface area contributed by atoms with Crippen molar-refractivity contribution in [3.8, 4) is 33.4 Å². The zero-order valence-corrected chi connectivity index (χ0v) is 79.5. The van der Waals surface area contributed by atoms with E-state index in [2.05, 4.69) is 98.7 Å². The zero-order chi connectivity index (χ0) is 94.6. The van der Waals surface area contributed by atoms with E-state index in [1.54, 1.807) is 54.2 Å². The third-order valence-electron chi connectivity index (χ3n) is 33.0. The van der Waals surface area contributed by atoms with E-state index in [4.69, 9.17) is 24.0 Å². The summed E-state index contributed by atoms with van der Waals surface area (Å²) < 4.78 is 10.8. The van der Waals surface area contributed by atoms with Gasteiger partial charge in [-0.1, -0.05) is 153 Å². The number of carboxylic acid groups (broad SMARTS) is 1. The molecule has 722 valence electrons. The number of carboxylic acids is 1. The minimum absolute atomic E-state index is 0.0730. The van der Waals surface area contributed by atoms with Gasteiger partial charge in [-0.15, -0.1) is 0 Å². The van der Waals surface area contributed by atoms with E-state index in [0.29, 0.717) is 107 Å². The number of nitrogens with one attached hydrogen (secondary N) is 5. The predicted molar refractivity (Wildman–Crippen MR) is 504 cm³/mol. The van der Waals surface area contributed by atoms with Crippen molar-refractivity contribution in [1.29, 1.82) is 0 Å². The van der Waals surface area contributed by atoms with Gasteiger partial charge in [0.1, 0.15) is 36.4 Å². The van der Waals surface area contributed by atoms with E-state index in [0.717, 1.165) is 135 Å². The van der Waals surface area contributed by atoms with Gasteiger partial charge < -0.3 is 71.8 Å². The molecule has 0 radical (unpaired) electrons. The SMILES string of the molecule is C[C@@H]1[C@@H](NC(=O)[C@@H]2[C@H]([C@H](C)O)[C@H](CO)ON2Cc2cccc(-c3cccc(C(=O)NCCN4CCOCC4)c3)c2)C[C@H]2C[C@@H]1C2(C)C.C[C@@H]1[C@@H](NC(=O)[C@@H]2[C@H]([C@H](C)O)[C@H](CO)ON2Cc2cccc(-c3cccc(C(=O)NCCN4CCOCC4)c3)c2)C[C@H]2C[C@@H]1C2(C)C.C[C@@H]1[C@@H](NC(=O)[C@@H]2[C@H]([C@H](C)O)[C@H](CO)ON2Cc2cccc(-c3cccc(C(=O)O)c3)c2)C[C@H]2C[C@@H]1C2(C)C. The fraction of sp³-hybridized carbons (Fsp3) is 0.600. The number of nitrogens with zero attached hydrogens (tertiary/aromatic N) is 5. The first kappa shape index (κ1) is 99.0. The molecule has 24 atom stereocenters. The molecular formula is C105H144N10O18. The number of morpholine rings is 2. The number of aromatic carboxylic acids is 1. The average Bonchev–Trinajstić information content (AvgIpc) is 1.25. The lowest BCUT2D eigenvalue weighted by atomic mass is 9.45. The third-order valence-corrected chi connectivity index (χ3v) is 33.0. The van der Waals surface area contributed by atoms with Crippen LogP contribution in [0.25, 0.3) is 33.4 Å². The Hall–Kier alpha value is -8.50. The molecule has 20 rings (SSSR count). The Morgan fingerprint density at radius 2 is 0.662 bits per heavy atom. The number of hydrogen-bond donors (Lipinski definition) is 12. The summed E-state index contributed by atoms with van der Waals surface area (Å²) in [4.78, 5) is 102. The topological polar surface area (TPSA) is 367 Å². The summed E-state index contributed by atoms with van der Waals surface area (Å²) in [6.07, 6.45) is 1.89. The van der Waals surface area contributed by atoms with Crippen molar-refractivity contribution >= 4 is 35.5 Å². The highest BCUT2D eigenvalue weighted by Gasteiger charge is 2.61. The standard InChI is InChI=1S/2C37H52N4O6.C31H40N2O6/c2*1-23-30-19-29(37(30,3)4)20-31(23)39-36(45)34-33(24(2)43)32(22-42)47-41(34)21-25-7-5-8-26(17-25)27-9-6-10-28(18-27)35(44)38-11-12-40-13-15-46-16-14-40;1-17-24-13-23(31(24,3)4)14-25(17)32-29(36)28-27(18(2)35)26(16-34)39-33(28)15-19-7-5-8-20(11-19)21-9-6-10-22(12-21)30(37)38/h2*5-10,17-18,23-24,29-34,42-43H,11-16,19-22H2,1-4H3,(H,38,44)(H,39,45);5-12,17-18,23-28,34-35H,13-16H2,1-4H3,(H,32,36)(H,37,38)/t2*23-,24-,29+,30-,31-,32-,33+,34-;17-,18-,23+,24-,25-,26-,27+,28-/m000/s1. The Morgan fingerprint density at radius 1 is 0.391 bits per heavy atom. The minimum Gasteiger partial charge on any atom is -0.478 e. The van der Waals surface area contributed by atoms with Gasteiger partial charge in [-0.05, 0) is 233 Å². The van der Waals surface area contributed by atoms with Crippen molar-refractivity contribution < 1.29 is 88.5 Å². The monoisotopic (exact) mass is 1830 g/mol. The first-order valence-corrected chi connectivity index (χ1v) is 48.7. The van der Waals surface area contributed by atoms with E-state index < -0.39 is 78.5 Å². The van der Waals surface area contributed by atoms with E-state index >= 15 is 0 Å². The number of amides is 5. The van der Waals surface area contributed by atoms with Gasteiger partial charge in [0.2, 0.25) is 17.7 Å². The predicted octanol–water partition coefficient (Wildman–Crippen LogP) is 9.86. The van der Waals surface area contributed by atoms with Crippen molar-refractivity contribution in [3.63, 3.8) is 0 Å². The molecule has 6 bridgehead atoms. The van der Waals surface area contributed by atoms with Crippen LogP contribution in [0.5, 0.6) is 0 Å². The van der Waals surface area contributed by atoms with Crippen molar-refractivity contribution in [2.24, 2.45) is 87.3 Å². The van der Waals surface area contributed by atoms with E-state index in [9.17, 15) is 64.5 Å². The lowest BCUT2D eigenvalue weighted by Gasteiger charge is -2.62. The van der Waals surface area contributed by atoms with Gasteiger partial charge in [-0.2, -0.15) is 15.2 Å². The van der Waals surface area contributed by atoms with Crippen molar-refractivity contribution in [1.82, 2.24) is 51.6 Å². The fourth-order valence-corrected chi connectivity index (χ4v) is 24.6. The molecule has 0 spiro atoms. The largest absolute Gasteiger partial charge is 0.478 e. The Bertz CT molecular complexity index is 4810. The number of aliphatic hydroxyl groups excluding tert-OH is 6. The van der Waals surface area contributed by atoms with E-state index in [1.165, 1.54) is 19.3 Å².